The van der Waals surface area contributed by atoms with Crippen molar-refractivity contribution in [1.82, 2.24) is 26.6 Å². The van der Waals surface area contributed by atoms with Crippen LogP contribution in [0.1, 0.15) is 135 Å². The van der Waals surface area contributed by atoms with E-state index in [1.54, 1.807) is 44.2 Å². The summed E-state index contributed by atoms with van der Waals surface area (Å²) in [7, 11) is 0. The van der Waals surface area contributed by atoms with Crippen LogP contribution in [0.5, 0.6) is 5.75 Å². The predicted molar refractivity (Wildman–Crippen MR) is 255 cm³/mol. The van der Waals surface area contributed by atoms with Crippen molar-refractivity contribution in [2.75, 3.05) is 0 Å². The summed E-state index contributed by atoms with van der Waals surface area (Å²) in [5.74, 6) is -7.27. The third-order valence-corrected chi connectivity index (χ3v) is 11.8. The zero-order valence-electron chi connectivity index (χ0n) is 39.9. The van der Waals surface area contributed by atoms with Crippen LogP contribution in [0.15, 0.2) is 48.5 Å². The number of carbonyl (C=O) groups is 8. The fourth-order valence-corrected chi connectivity index (χ4v) is 7.48. The normalized spacial score (nSPS) is 14.1. The fourth-order valence-electron chi connectivity index (χ4n) is 7.48. The number of benzene rings is 2. The molecule has 21 nitrogen and oxygen atoms in total. The number of rotatable bonds is 35. The molecular weight excluding hydrogens is 897 g/mol. The highest BCUT2D eigenvalue weighted by molar-refractivity contribution is 5.95. The number of aliphatic hydroxyl groups excluding tert-OH is 1. The molecule has 2 aromatic carbocycles. The lowest BCUT2D eigenvalue weighted by atomic mass is 9.96. The third kappa shape index (κ3) is 22.8. The highest BCUT2D eigenvalue weighted by atomic mass is 16.6. The number of nitrogens with one attached hydrogen (secondary N) is 5. The van der Waals surface area contributed by atoms with Crippen molar-refractivity contribution in [2.24, 2.45) is 17.4 Å². The molecule has 1 unspecified atom stereocenters. The maximum atomic E-state index is 13.4. The standard InChI is InChI=1S/C48H72N8O13/c1-4-30(2)42(46(64)53-34(44(49)62)27-33-24-25-37(56(68)69)38(58)28-33)55-47(65)43(31(3)57)54-40(60)23-19-14-12-10-8-6-5-7-9-11-13-18-22-39(59)51-35(45(50)63)29-41(61)52-36(48(66)67)26-32-20-16-15-17-21-32/h15-17,20-21,24-25,28,30-31,34-36,42-43,57-58H,4-14,18-19,22-23,26-27,29H2,1-3H3,(H2,49,62)(H2,50,63)(H,51,59)(H,52,61)(H,53,64)(H,54,60)(H,55,65)(H,66,67)/t30-,31-,34?,35+,36-,42+,43-/m0/s1. The molecule has 69 heavy (non-hydrogen) atoms. The Bertz CT molecular complexity index is 2020. The summed E-state index contributed by atoms with van der Waals surface area (Å²) in [4.78, 5) is 111. The maximum Gasteiger partial charge on any atom is 0.326 e. The first kappa shape index (κ1) is 58.5. The van der Waals surface area contributed by atoms with Crippen LogP contribution in [0.2, 0.25) is 0 Å². The highest BCUT2D eigenvalue weighted by Crippen LogP contribution is 2.27. The van der Waals surface area contributed by atoms with Crippen LogP contribution in [0.25, 0.3) is 0 Å². The van der Waals surface area contributed by atoms with Gasteiger partial charge in [-0.05, 0) is 42.9 Å². The molecule has 0 aliphatic heterocycles. The van der Waals surface area contributed by atoms with Crippen LogP contribution in [-0.4, -0.2) is 104 Å². The molecule has 0 spiro atoms. The molecule has 0 saturated heterocycles. The molecule has 382 valence electrons. The number of aliphatic carboxylic acids is 1. The number of hydrogen-bond donors (Lipinski definition) is 10. The van der Waals surface area contributed by atoms with E-state index in [2.05, 4.69) is 26.6 Å². The van der Waals surface area contributed by atoms with Crippen LogP contribution >= 0.6 is 0 Å². The minimum absolute atomic E-state index is 0.0510. The molecule has 21 heteroatoms. The Balaban J connectivity index is 1.64. The Morgan fingerprint density at radius 2 is 1.09 bits per heavy atom. The van der Waals surface area contributed by atoms with Gasteiger partial charge in [-0.1, -0.05) is 121 Å². The number of primary amides is 2. The van der Waals surface area contributed by atoms with Gasteiger partial charge in [0.15, 0.2) is 5.75 Å². The average molecular weight is 969 g/mol. The van der Waals surface area contributed by atoms with Crippen molar-refractivity contribution in [1.29, 1.82) is 0 Å². The quantitative estimate of drug-likeness (QED) is 0.0270. The van der Waals surface area contributed by atoms with Gasteiger partial charge in [0, 0.05) is 31.7 Å². The summed E-state index contributed by atoms with van der Waals surface area (Å²) in [5.41, 5.74) is 11.4. The van der Waals surface area contributed by atoms with Crippen molar-refractivity contribution in [3.63, 3.8) is 0 Å². The van der Waals surface area contributed by atoms with Crippen molar-refractivity contribution < 1.29 is 58.6 Å². The van der Waals surface area contributed by atoms with E-state index in [0.717, 1.165) is 76.3 Å². The predicted octanol–water partition coefficient (Wildman–Crippen LogP) is 2.84. The Labute approximate surface area is 402 Å². The van der Waals surface area contributed by atoms with E-state index in [9.17, 15) is 63.8 Å². The van der Waals surface area contributed by atoms with Crippen molar-refractivity contribution >= 4 is 53.0 Å². The lowest BCUT2D eigenvalue weighted by molar-refractivity contribution is -0.385. The minimum Gasteiger partial charge on any atom is -0.502 e. The van der Waals surface area contributed by atoms with E-state index in [1.165, 1.54) is 13.0 Å². The first-order valence-electron chi connectivity index (χ1n) is 23.7. The number of carboxylic acids is 1. The fraction of sp³-hybridized carbons (Fsp3) is 0.583. The molecule has 0 heterocycles. The molecule has 0 saturated carbocycles. The molecule has 0 aliphatic rings. The van der Waals surface area contributed by atoms with Crippen LogP contribution < -0.4 is 38.1 Å². The Hall–Kier alpha value is -6.64. The highest BCUT2D eigenvalue weighted by Gasteiger charge is 2.34. The minimum atomic E-state index is -1.37. The molecule has 0 aromatic heterocycles. The van der Waals surface area contributed by atoms with Gasteiger partial charge < -0.3 is 53.4 Å². The Morgan fingerprint density at radius 1 is 0.609 bits per heavy atom. The van der Waals surface area contributed by atoms with Crippen molar-refractivity contribution in [3.05, 3.63) is 69.8 Å². The summed E-state index contributed by atoms with van der Waals surface area (Å²) in [6, 6.07) is 5.89. The monoisotopic (exact) mass is 969 g/mol. The number of hydrogen-bond acceptors (Lipinski definition) is 12. The number of unbranched alkanes of at least 4 members (excludes halogenated alkanes) is 11. The van der Waals surface area contributed by atoms with Gasteiger partial charge in [0.1, 0.15) is 30.2 Å². The lowest BCUT2D eigenvalue weighted by Crippen LogP contribution is -2.60. The van der Waals surface area contributed by atoms with E-state index in [1.807, 2.05) is 0 Å². The van der Waals surface area contributed by atoms with Gasteiger partial charge in [-0.3, -0.25) is 43.7 Å². The van der Waals surface area contributed by atoms with Gasteiger partial charge in [0.2, 0.25) is 41.4 Å². The number of amides is 7. The van der Waals surface area contributed by atoms with Crippen molar-refractivity contribution in [2.45, 2.75) is 173 Å². The van der Waals surface area contributed by atoms with E-state index in [4.69, 9.17) is 11.5 Å². The molecular formula is C48H72N8O13. The molecule has 7 atom stereocenters. The smallest absolute Gasteiger partial charge is 0.326 e. The second-order valence-electron chi connectivity index (χ2n) is 17.5. The molecule has 2 aromatic rings. The van der Waals surface area contributed by atoms with E-state index in [0.29, 0.717) is 24.8 Å². The number of phenols is 1. The maximum absolute atomic E-state index is 13.4. The number of phenolic OH excluding ortho intramolecular Hbond substituents is 1. The molecule has 0 fully saturated rings. The van der Waals surface area contributed by atoms with Crippen molar-refractivity contribution in [3.8, 4) is 5.75 Å². The Kier molecular flexibility index (Phi) is 26.6. The van der Waals surface area contributed by atoms with Gasteiger partial charge in [-0.15, -0.1) is 0 Å². The average Bonchev–Trinajstić information content (AvgIpc) is 3.28. The number of nitrogens with zero attached hydrogens (tertiary/aromatic N) is 1. The first-order chi connectivity index (χ1) is 32.7. The van der Waals surface area contributed by atoms with E-state index < -0.39 is 112 Å². The topological polar surface area (TPSA) is 353 Å². The summed E-state index contributed by atoms with van der Waals surface area (Å²) in [6.45, 7) is 4.81. The number of nitro benzene ring substituents is 1. The van der Waals surface area contributed by atoms with Crippen LogP contribution in [0.4, 0.5) is 5.69 Å². The van der Waals surface area contributed by atoms with Crippen LogP contribution in [0, 0.1) is 16.0 Å². The second-order valence-corrected chi connectivity index (χ2v) is 17.5. The molecule has 2 rings (SSSR count). The number of aliphatic hydroxyl groups is 1. The zero-order chi connectivity index (χ0) is 51.5. The van der Waals surface area contributed by atoms with E-state index in [-0.39, 0.29) is 31.2 Å². The molecule has 0 aliphatic carbocycles. The zero-order valence-corrected chi connectivity index (χ0v) is 39.9. The number of carbonyl (C=O) groups excluding carboxylic acids is 7. The summed E-state index contributed by atoms with van der Waals surface area (Å²) >= 11 is 0. The molecule has 7 amide bonds. The summed E-state index contributed by atoms with van der Waals surface area (Å²) < 4.78 is 0. The number of aromatic hydroxyl groups is 1. The first-order valence-corrected chi connectivity index (χ1v) is 23.7. The molecule has 0 bridgehead atoms. The van der Waals surface area contributed by atoms with E-state index >= 15 is 0 Å². The number of carboxylic acid groups (broad SMARTS) is 1. The SMILES string of the molecule is CC[C@H](C)[C@@H](NC(=O)[C@@H](NC(=O)CCCCCCCCCCCCCCC(=O)N[C@H](CC(=O)N[C@@H](Cc1ccccc1)C(=O)O)C(N)=O)[C@H](C)O)C(=O)NC(Cc1ccc([N+](=O)[O-])c(O)c1)C(N)=O. The van der Waals surface area contributed by atoms with Gasteiger partial charge in [0.25, 0.3) is 0 Å². The number of nitrogens with two attached hydrogens (primary N) is 2. The second kappa shape index (κ2) is 31.4. The largest absolute Gasteiger partial charge is 0.502 e. The molecule has 0 radical (unpaired) electrons. The molecule has 12 N–H and O–H groups in total. The van der Waals surface area contributed by atoms with Gasteiger partial charge in [-0.25, -0.2) is 4.79 Å². The van der Waals surface area contributed by atoms with Crippen LogP contribution in [0.3, 0.4) is 0 Å². The number of nitro groups is 1. The third-order valence-electron chi connectivity index (χ3n) is 11.8. The van der Waals surface area contributed by atoms with Gasteiger partial charge in [0.05, 0.1) is 17.4 Å². The van der Waals surface area contributed by atoms with Gasteiger partial charge >= 0.3 is 11.7 Å². The summed E-state index contributed by atoms with van der Waals surface area (Å²) in [5, 5.41) is 53.6. The lowest BCUT2D eigenvalue weighted by Gasteiger charge is -2.28. The van der Waals surface area contributed by atoms with Gasteiger partial charge in [-0.2, -0.15) is 0 Å². The summed E-state index contributed by atoms with van der Waals surface area (Å²) in [6.07, 6.45) is 9.54. The Morgan fingerprint density at radius 3 is 1.55 bits per heavy atom. The van der Waals surface area contributed by atoms with Crippen LogP contribution in [-0.2, 0) is 51.2 Å².